The lowest BCUT2D eigenvalue weighted by Crippen LogP contribution is -2.38. The molecule has 0 amide bonds. The van der Waals surface area contributed by atoms with E-state index in [1.807, 2.05) is 36.9 Å². The lowest BCUT2D eigenvalue weighted by atomic mass is 10.0. The SMILES string of the molecule is CCc1nn(C)c(CC)c1CNC(C)C(O)Cc1ccccc1. The number of nitrogens with zero attached hydrogens (tertiary/aromatic N) is 2. The first-order chi connectivity index (χ1) is 11.1. The largest absolute Gasteiger partial charge is 0.391 e. The van der Waals surface area contributed by atoms with Crippen molar-refractivity contribution in [1.82, 2.24) is 15.1 Å². The zero-order valence-corrected chi connectivity index (χ0v) is 14.7. The van der Waals surface area contributed by atoms with Crippen molar-refractivity contribution in [2.75, 3.05) is 0 Å². The number of aromatic nitrogens is 2. The Morgan fingerprint density at radius 2 is 1.87 bits per heavy atom. The first kappa shape index (κ1) is 17.7. The van der Waals surface area contributed by atoms with Crippen molar-refractivity contribution in [2.24, 2.45) is 7.05 Å². The first-order valence-electron chi connectivity index (χ1n) is 8.55. The third kappa shape index (κ3) is 4.43. The molecule has 2 N–H and O–H groups in total. The topological polar surface area (TPSA) is 50.1 Å². The van der Waals surface area contributed by atoms with Crippen LogP contribution in [0.1, 0.15) is 43.3 Å². The fourth-order valence-electron chi connectivity index (χ4n) is 3.03. The van der Waals surface area contributed by atoms with Crippen LogP contribution in [0.5, 0.6) is 0 Å². The molecule has 0 radical (unpaired) electrons. The van der Waals surface area contributed by atoms with Crippen LogP contribution in [0.4, 0.5) is 0 Å². The minimum Gasteiger partial charge on any atom is -0.391 e. The molecule has 0 saturated carbocycles. The van der Waals surface area contributed by atoms with Gasteiger partial charge < -0.3 is 10.4 Å². The van der Waals surface area contributed by atoms with Crippen LogP contribution in [-0.4, -0.2) is 27.0 Å². The maximum Gasteiger partial charge on any atom is 0.0730 e. The van der Waals surface area contributed by atoms with E-state index in [1.165, 1.54) is 16.8 Å². The van der Waals surface area contributed by atoms with Crippen LogP contribution in [0.25, 0.3) is 0 Å². The van der Waals surface area contributed by atoms with Gasteiger partial charge in [-0.2, -0.15) is 5.10 Å². The number of aliphatic hydroxyl groups excluding tert-OH is 1. The van der Waals surface area contributed by atoms with Crippen LogP contribution in [0, 0.1) is 0 Å². The smallest absolute Gasteiger partial charge is 0.0730 e. The summed E-state index contributed by atoms with van der Waals surface area (Å²) in [5.41, 5.74) is 4.88. The third-order valence-corrected chi connectivity index (χ3v) is 4.49. The molecular formula is C19H29N3O. The van der Waals surface area contributed by atoms with Crippen LogP contribution in [0.2, 0.25) is 0 Å². The maximum atomic E-state index is 10.4. The van der Waals surface area contributed by atoms with Crippen LogP contribution in [-0.2, 0) is 32.9 Å². The Balaban J connectivity index is 1.97. The zero-order chi connectivity index (χ0) is 16.8. The monoisotopic (exact) mass is 315 g/mol. The molecule has 23 heavy (non-hydrogen) atoms. The average Bonchev–Trinajstić information content (AvgIpc) is 2.88. The summed E-state index contributed by atoms with van der Waals surface area (Å²) < 4.78 is 1.99. The first-order valence-corrected chi connectivity index (χ1v) is 8.55. The Bertz CT molecular complexity index is 607. The van der Waals surface area contributed by atoms with Gasteiger partial charge in [0, 0.05) is 30.9 Å². The van der Waals surface area contributed by atoms with Crippen molar-refractivity contribution >= 4 is 0 Å². The highest BCUT2D eigenvalue weighted by molar-refractivity contribution is 5.26. The van der Waals surface area contributed by atoms with Gasteiger partial charge >= 0.3 is 0 Å². The molecule has 2 atom stereocenters. The van der Waals surface area contributed by atoms with E-state index in [4.69, 9.17) is 0 Å². The summed E-state index contributed by atoms with van der Waals surface area (Å²) in [6.07, 6.45) is 2.18. The Morgan fingerprint density at radius 3 is 2.48 bits per heavy atom. The standard InChI is InChI=1S/C19H29N3O/c1-5-17-16(18(6-2)22(4)21-17)13-20-14(3)19(23)12-15-10-8-7-9-11-15/h7-11,14,19-20,23H,5-6,12-13H2,1-4H3. The summed E-state index contributed by atoms with van der Waals surface area (Å²) >= 11 is 0. The molecule has 2 unspecified atom stereocenters. The van der Waals surface area contributed by atoms with E-state index in [1.54, 1.807) is 0 Å². The van der Waals surface area contributed by atoms with Crippen molar-refractivity contribution in [3.8, 4) is 0 Å². The molecular weight excluding hydrogens is 286 g/mol. The van der Waals surface area contributed by atoms with Crippen molar-refractivity contribution < 1.29 is 5.11 Å². The van der Waals surface area contributed by atoms with E-state index in [-0.39, 0.29) is 6.04 Å². The summed E-state index contributed by atoms with van der Waals surface area (Å²) in [6, 6.07) is 10.2. The highest BCUT2D eigenvalue weighted by atomic mass is 16.3. The third-order valence-electron chi connectivity index (χ3n) is 4.49. The van der Waals surface area contributed by atoms with Crippen LogP contribution in [0.15, 0.2) is 30.3 Å². The van der Waals surface area contributed by atoms with Crippen LogP contribution in [0.3, 0.4) is 0 Å². The van der Waals surface area contributed by atoms with E-state index < -0.39 is 6.10 Å². The zero-order valence-electron chi connectivity index (χ0n) is 14.7. The van der Waals surface area contributed by atoms with Gasteiger partial charge in [0.25, 0.3) is 0 Å². The van der Waals surface area contributed by atoms with E-state index in [0.29, 0.717) is 6.42 Å². The quantitative estimate of drug-likeness (QED) is 0.787. The number of benzene rings is 1. The second-order valence-corrected chi connectivity index (χ2v) is 6.13. The molecule has 0 bridgehead atoms. The Morgan fingerprint density at radius 1 is 1.17 bits per heavy atom. The van der Waals surface area contributed by atoms with E-state index in [2.05, 4.69) is 36.4 Å². The highest BCUT2D eigenvalue weighted by Gasteiger charge is 2.18. The van der Waals surface area contributed by atoms with Crippen LogP contribution >= 0.6 is 0 Å². The summed E-state index contributed by atoms with van der Waals surface area (Å²) in [4.78, 5) is 0. The molecule has 0 aliphatic rings. The molecule has 1 heterocycles. The molecule has 0 aliphatic carbocycles. The minimum atomic E-state index is -0.399. The van der Waals surface area contributed by atoms with E-state index in [9.17, 15) is 5.11 Å². The lowest BCUT2D eigenvalue weighted by Gasteiger charge is -2.21. The molecule has 1 aromatic carbocycles. The number of hydrogen-bond donors (Lipinski definition) is 2. The molecule has 0 saturated heterocycles. The molecule has 2 rings (SSSR count). The van der Waals surface area contributed by atoms with E-state index >= 15 is 0 Å². The van der Waals surface area contributed by atoms with Gasteiger partial charge in [-0.3, -0.25) is 4.68 Å². The average molecular weight is 315 g/mol. The van der Waals surface area contributed by atoms with Gasteiger partial charge in [0.2, 0.25) is 0 Å². The summed E-state index contributed by atoms with van der Waals surface area (Å²) in [5.74, 6) is 0. The van der Waals surface area contributed by atoms with E-state index in [0.717, 1.165) is 25.1 Å². The van der Waals surface area contributed by atoms with Gasteiger partial charge in [0.15, 0.2) is 0 Å². The molecule has 4 nitrogen and oxygen atoms in total. The summed E-state index contributed by atoms with van der Waals surface area (Å²) in [5, 5.41) is 18.5. The maximum absolute atomic E-state index is 10.4. The fraction of sp³-hybridized carbons (Fsp3) is 0.526. The van der Waals surface area contributed by atoms with Gasteiger partial charge in [0.1, 0.15) is 0 Å². The number of aryl methyl sites for hydroxylation is 2. The van der Waals surface area contributed by atoms with Gasteiger partial charge in [-0.05, 0) is 31.7 Å². The summed E-state index contributed by atoms with van der Waals surface area (Å²) in [7, 11) is 2.01. The molecule has 0 spiro atoms. The Hall–Kier alpha value is -1.65. The molecule has 0 aliphatic heterocycles. The Kier molecular flexibility index (Phi) is 6.37. The molecule has 0 fully saturated rings. The van der Waals surface area contributed by atoms with Crippen molar-refractivity contribution in [2.45, 2.75) is 58.7 Å². The second-order valence-electron chi connectivity index (χ2n) is 6.13. The molecule has 2 aromatic rings. The molecule has 126 valence electrons. The minimum absolute atomic E-state index is 0.0322. The van der Waals surface area contributed by atoms with Gasteiger partial charge in [-0.25, -0.2) is 0 Å². The number of nitrogens with one attached hydrogen (secondary N) is 1. The lowest BCUT2D eigenvalue weighted by molar-refractivity contribution is 0.134. The predicted octanol–water partition coefficient (Wildman–Crippen LogP) is 2.63. The normalized spacial score (nSPS) is 14.0. The van der Waals surface area contributed by atoms with Crippen molar-refractivity contribution in [3.05, 3.63) is 52.8 Å². The highest BCUT2D eigenvalue weighted by Crippen LogP contribution is 2.16. The van der Waals surface area contributed by atoms with Gasteiger partial charge in [0.05, 0.1) is 11.8 Å². The number of rotatable bonds is 8. The van der Waals surface area contributed by atoms with Crippen molar-refractivity contribution in [1.29, 1.82) is 0 Å². The molecule has 4 heteroatoms. The fourth-order valence-corrected chi connectivity index (χ4v) is 3.03. The number of aliphatic hydroxyl groups is 1. The Labute approximate surface area is 139 Å². The summed E-state index contributed by atoms with van der Waals surface area (Å²) in [6.45, 7) is 7.10. The van der Waals surface area contributed by atoms with Gasteiger partial charge in [-0.1, -0.05) is 44.2 Å². The molecule has 1 aromatic heterocycles. The van der Waals surface area contributed by atoms with Crippen molar-refractivity contribution in [3.63, 3.8) is 0 Å². The van der Waals surface area contributed by atoms with Gasteiger partial charge in [-0.15, -0.1) is 0 Å². The van der Waals surface area contributed by atoms with Crippen LogP contribution < -0.4 is 5.32 Å². The predicted molar refractivity (Wildman–Crippen MR) is 94.4 cm³/mol. The number of hydrogen-bond acceptors (Lipinski definition) is 3. The second kappa shape index (κ2) is 8.27.